The highest BCUT2D eigenvalue weighted by Gasteiger charge is 2.11. The summed E-state index contributed by atoms with van der Waals surface area (Å²) in [6.07, 6.45) is 0. The van der Waals surface area contributed by atoms with Gasteiger partial charge in [0.2, 0.25) is 0 Å². The average molecular weight is 271 g/mol. The number of halogens is 1. The third kappa shape index (κ3) is 2.01. The second-order valence-corrected chi connectivity index (χ2v) is 4.50. The lowest BCUT2D eigenvalue weighted by Crippen LogP contribution is -1.99. The van der Waals surface area contributed by atoms with Crippen LogP contribution in [0.15, 0.2) is 36.4 Å². The highest BCUT2D eigenvalue weighted by atomic mass is 19.1. The summed E-state index contributed by atoms with van der Waals surface area (Å²) in [5.74, 6) is -1.38. The molecule has 0 aliphatic rings. The number of carboxylic acids is 1. The minimum Gasteiger partial charge on any atom is -0.478 e. The van der Waals surface area contributed by atoms with Gasteiger partial charge >= 0.3 is 5.97 Å². The van der Waals surface area contributed by atoms with Gasteiger partial charge in [-0.2, -0.15) is 0 Å². The number of aromatic carboxylic acids is 1. The van der Waals surface area contributed by atoms with E-state index in [0.717, 1.165) is 5.56 Å². The van der Waals surface area contributed by atoms with Crippen LogP contribution in [0, 0.1) is 12.7 Å². The van der Waals surface area contributed by atoms with Crippen LogP contribution >= 0.6 is 0 Å². The van der Waals surface area contributed by atoms with Crippen LogP contribution in [0.25, 0.3) is 16.7 Å². The number of nitrogens with zero attached hydrogens (tertiary/aromatic N) is 3. The zero-order chi connectivity index (χ0) is 14.3. The molecule has 0 bridgehead atoms. The number of fused-ring (bicyclic) bond motifs is 1. The van der Waals surface area contributed by atoms with Crippen LogP contribution < -0.4 is 0 Å². The van der Waals surface area contributed by atoms with Gasteiger partial charge in [-0.25, -0.2) is 13.9 Å². The molecule has 5 nitrogen and oxygen atoms in total. The summed E-state index contributed by atoms with van der Waals surface area (Å²) < 4.78 is 14.9. The Morgan fingerprint density at radius 1 is 1.25 bits per heavy atom. The van der Waals surface area contributed by atoms with Crippen molar-refractivity contribution in [2.24, 2.45) is 0 Å². The van der Waals surface area contributed by atoms with Crippen LogP contribution in [0.5, 0.6) is 0 Å². The zero-order valence-corrected chi connectivity index (χ0v) is 10.5. The van der Waals surface area contributed by atoms with E-state index >= 15 is 0 Å². The Morgan fingerprint density at radius 2 is 2.05 bits per heavy atom. The van der Waals surface area contributed by atoms with Crippen LogP contribution in [0.2, 0.25) is 0 Å². The molecule has 0 saturated heterocycles. The van der Waals surface area contributed by atoms with E-state index in [1.54, 1.807) is 19.1 Å². The van der Waals surface area contributed by atoms with Gasteiger partial charge in [0.05, 0.1) is 16.8 Å². The molecule has 1 aromatic heterocycles. The quantitative estimate of drug-likeness (QED) is 0.777. The SMILES string of the molecule is Cc1cc(F)cc(-n2nnc3cc(C(=O)O)ccc32)c1. The lowest BCUT2D eigenvalue weighted by molar-refractivity contribution is 0.0697. The Balaban J connectivity index is 2.19. The maximum atomic E-state index is 13.5. The molecule has 3 aromatic rings. The fraction of sp³-hybridized carbons (Fsp3) is 0.0714. The monoisotopic (exact) mass is 271 g/mol. The van der Waals surface area contributed by atoms with Crippen LogP contribution in [0.4, 0.5) is 4.39 Å². The lowest BCUT2D eigenvalue weighted by Gasteiger charge is -2.04. The largest absolute Gasteiger partial charge is 0.478 e. The number of rotatable bonds is 2. The number of carboxylic acid groups (broad SMARTS) is 1. The van der Waals surface area contributed by atoms with Crippen molar-refractivity contribution >= 4 is 17.0 Å². The number of hydrogen-bond acceptors (Lipinski definition) is 3. The average Bonchev–Trinajstić information content (AvgIpc) is 2.80. The molecule has 2 aromatic carbocycles. The van der Waals surface area contributed by atoms with E-state index in [4.69, 9.17) is 5.11 Å². The second kappa shape index (κ2) is 4.41. The van der Waals surface area contributed by atoms with Crippen LogP contribution in [0.3, 0.4) is 0 Å². The minimum atomic E-state index is -1.02. The molecule has 100 valence electrons. The summed E-state index contributed by atoms with van der Waals surface area (Å²) in [7, 11) is 0. The predicted octanol–water partition coefficient (Wildman–Crippen LogP) is 2.57. The van der Waals surface area contributed by atoms with Crippen molar-refractivity contribution in [1.82, 2.24) is 15.0 Å². The van der Waals surface area contributed by atoms with Gasteiger partial charge in [0.15, 0.2) is 0 Å². The molecule has 1 heterocycles. The van der Waals surface area contributed by atoms with Crippen LogP contribution in [0.1, 0.15) is 15.9 Å². The Morgan fingerprint density at radius 3 is 2.75 bits per heavy atom. The molecule has 0 fully saturated rings. The highest BCUT2D eigenvalue weighted by Crippen LogP contribution is 2.19. The molecule has 6 heteroatoms. The van der Waals surface area contributed by atoms with Gasteiger partial charge in [0.1, 0.15) is 11.3 Å². The van der Waals surface area contributed by atoms with Gasteiger partial charge in [-0.15, -0.1) is 5.10 Å². The van der Waals surface area contributed by atoms with Crippen molar-refractivity contribution in [2.45, 2.75) is 6.92 Å². The van der Waals surface area contributed by atoms with E-state index in [-0.39, 0.29) is 11.4 Å². The van der Waals surface area contributed by atoms with Crippen molar-refractivity contribution in [3.8, 4) is 5.69 Å². The molecule has 0 amide bonds. The maximum Gasteiger partial charge on any atom is 0.335 e. The molecule has 0 aliphatic carbocycles. The van der Waals surface area contributed by atoms with E-state index in [0.29, 0.717) is 16.7 Å². The van der Waals surface area contributed by atoms with Crippen LogP contribution in [-0.4, -0.2) is 26.1 Å². The topological polar surface area (TPSA) is 68.0 Å². The summed E-state index contributed by atoms with van der Waals surface area (Å²) in [5.41, 5.74) is 2.53. The molecular formula is C14H10FN3O2. The Kier molecular flexibility index (Phi) is 2.71. The number of aromatic nitrogens is 3. The Hall–Kier alpha value is -2.76. The molecule has 0 unspecified atom stereocenters. The smallest absolute Gasteiger partial charge is 0.335 e. The van der Waals surface area contributed by atoms with Gasteiger partial charge in [-0.3, -0.25) is 0 Å². The molecule has 0 radical (unpaired) electrons. The predicted molar refractivity (Wildman–Crippen MR) is 70.5 cm³/mol. The minimum absolute atomic E-state index is 0.139. The van der Waals surface area contributed by atoms with E-state index in [9.17, 15) is 9.18 Å². The maximum absolute atomic E-state index is 13.5. The van der Waals surface area contributed by atoms with Crippen molar-refractivity contribution in [3.63, 3.8) is 0 Å². The van der Waals surface area contributed by atoms with E-state index in [1.165, 1.54) is 28.9 Å². The number of benzene rings is 2. The first-order valence-electron chi connectivity index (χ1n) is 5.91. The third-order valence-electron chi connectivity index (χ3n) is 2.96. The summed E-state index contributed by atoms with van der Waals surface area (Å²) in [6, 6.07) is 9.07. The molecule has 0 spiro atoms. The van der Waals surface area contributed by atoms with Crippen molar-refractivity contribution in [3.05, 3.63) is 53.3 Å². The van der Waals surface area contributed by atoms with Gasteiger partial charge in [-0.05, 0) is 48.9 Å². The van der Waals surface area contributed by atoms with Gasteiger partial charge in [0.25, 0.3) is 0 Å². The van der Waals surface area contributed by atoms with Crippen molar-refractivity contribution in [2.75, 3.05) is 0 Å². The first-order chi connectivity index (χ1) is 9.54. The normalized spacial score (nSPS) is 10.9. The summed E-state index contributed by atoms with van der Waals surface area (Å²) in [5, 5.41) is 16.8. The standard InChI is InChI=1S/C14H10FN3O2/c1-8-4-10(15)7-11(5-8)18-13-3-2-9(14(19)20)6-12(13)16-17-18/h2-7H,1H3,(H,19,20). The second-order valence-electron chi connectivity index (χ2n) is 4.50. The molecule has 0 atom stereocenters. The number of hydrogen-bond donors (Lipinski definition) is 1. The lowest BCUT2D eigenvalue weighted by atomic mass is 10.2. The Bertz CT molecular complexity index is 806. The molecule has 1 N–H and O–H groups in total. The van der Waals surface area contributed by atoms with Crippen LogP contribution in [-0.2, 0) is 0 Å². The third-order valence-corrected chi connectivity index (χ3v) is 2.96. The highest BCUT2D eigenvalue weighted by molar-refractivity contribution is 5.92. The first-order valence-corrected chi connectivity index (χ1v) is 5.91. The first kappa shape index (κ1) is 12.3. The fourth-order valence-electron chi connectivity index (χ4n) is 2.09. The van der Waals surface area contributed by atoms with Gasteiger partial charge in [-0.1, -0.05) is 5.21 Å². The fourth-order valence-corrected chi connectivity index (χ4v) is 2.09. The summed E-state index contributed by atoms with van der Waals surface area (Å²) in [6.45, 7) is 1.79. The summed E-state index contributed by atoms with van der Waals surface area (Å²) >= 11 is 0. The molecule has 0 aliphatic heterocycles. The van der Waals surface area contributed by atoms with Gasteiger partial charge < -0.3 is 5.11 Å². The molecular weight excluding hydrogens is 261 g/mol. The molecule has 3 rings (SSSR count). The Labute approximate surface area is 113 Å². The zero-order valence-electron chi connectivity index (χ0n) is 10.5. The van der Waals surface area contributed by atoms with Crippen molar-refractivity contribution in [1.29, 1.82) is 0 Å². The molecule has 0 saturated carbocycles. The van der Waals surface area contributed by atoms with Crippen molar-refractivity contribution < 1.29 is 14.3 Å². The molecule has 20 heavy (non-hydrogen) atoms. The number of carbonyl (C=O) groups is 1. The van der Waals surface area contributed by atoms with E-state index in [1.807, 2.05) is 0 Å². The van der Waals surface area contributed by atoms with E-state index in [2.05, 4.69) is 10.3 Å². The summed E-state index contributed by atoms with van der Waals surface area (Å²) in [4.78, 5) is 10.9. The number of aryl methyl sites for hydroxylation is 1. The van der Waals surface area contributed by atoms with E-state index < -0.39 is 5.97 Å². The van der Waals surface area contributed by atoms with Gasteiger partial charge in [0, 0.05) is 0 Å².